The van der Waals surface area contributed by atoms with Crippen LogP contribution in [0.4, 0.5) is 0 Å². The Morgan fingerprint density at radius 1 is 1.00 bits per heavy atom. The second-order valence-electron chi connectivity index (χ2n) is 5.03. The fraction of sp³-hybridized carbons (Fsp3) is 0.167. The molecule has 2 heteroatoms. The second kappa shape index (κ2) is 6.67. The Labute approximate surface area is 128 Å². The molecule has 2 aromatic carbocycles. The molecule has 2 rings (SSSR count). The summed E-state index contributed by atoms with van der Waals surface area (Å²) in [6.07, 6.45) is 3.47. The zero-order valence-electron chi connectivity index (χ0n) is 11.6. The van der Waals surface area contributed by atoms with Crippen molar-refractivity contribution < 1.29 is 4.79 Å². The van der Waals surface area contributed by atoms with Crippen LogP contribution < -0.4 is 0 Å². The van der Waals surface area contributed by atoms with E-state index in [-0.39, 0.29) is 5.78 Å². The van der Waals surface area contributed by atoms with E-state index >= 15 is 0 Å². The minimum atomic E-state index is 0.0189. The zero-order chi connectivity index (χ0) is 14.5. The summed E-state index contributed by atoms with van der Waals surface area (Å²) < 4.78 is 0.974. The Morgan fingerprint density at radius 2 is 1.60 bits per heavy atom. The van der Waals surface area contributed by atoms with Gasteiger partial charge in [-0.05, 0) is 47.4 Å². The Balaban J connectivity index is 2.08. The SMILES string of the molecule is CC(C)c1ccc(/C=C/C(=O)c2ccc(Br)cc2)cc1. The van der Waals surface area contributed by atoms with E-state index in [1.807, 2.05) is 42.5 Å². The quantitative estimate of drug-likeness (QED) is 0.537. The van der Waals surface area contributed by atoms with Gasteiger partial charge in [0.15, 0.2) is 5.78 Å². The Kier molecular flexibility index (Phi) is 4.91. The number of carbonyl (C=O) groups excluding carboxylic acids is 1. The van der Waals surface area contributed by atoms with Crippen LogP contribution in [0.1, 0.15) is 41.3 Å². The van der Waals surface area contributed by atoms with Crippen molar-refractivity contribution in [3.63, 3.8) is 0 Å². The van der Waals surface area contributed by atoms with E-state index in [0.717, 1.165) is 10.0 Å². The molecule has 0 amide bonds. The van der Waals surface area contributed by atoms with Crippen molar-refractivity contribution in [3.8, 4) is 0 Å². The first-order valence-corrected chi connectivity index (χ1v) is 7.43. The third-order valence-corrected chi connectivity index (χ3v) is 3.69. The van der Waals surface area contributed by atoms with E-state index in [1.54, 1.807) is 6.08 Å². The lowest BCUT2D eigenvalue weighted by Gasteiger charge is -2.04. The molecule has 0 aromatic heterocycles. The van der Waals surface area contributed by atoms with E-state index in [9.17, 15) is 4.79 Å². The maximum atomic E-state index is 12.0. The first kappa shape index (κ1) is 14.7. The first-order valence-electron chi connectivity index (χ1n) is 6.64. The molecule has 1 nitrogen and oxygen atoms in total. The molecule has 0 spiro atoms. The smallest absolute Gasteiger partial charge is 0.185 e. The van der Waals surface area contributed by atoms with E-state index in [2.05, 4.69) is 41.9 Å². The number of benzene rings is 2. The number of ketones is 1. The molecule has 0 atom stereocenters. The van der Waals surface area contributed by atoms with Crippen LogP contribution in [0, 0.1) is 0 Å². The molecule has 0 aliphatic heterocycles. The molecule has 2 aromatic rings. The van der Waals surface area contributed by atoms with Crippen molar-refractivity contribution in [1.29, 1.82) is 0 Å². The number of hydrogen-bond donors (Lipinski definition) is 0. The van der Waals surface area contributed by atoms with Crippen LogP contribution in [0.15, 0.2) is 59.1 Å². The molecule has 0 bridgehead atoms. The van der Waals surface area contributed by atoms with Gasteiger partial charge in [-0.2, -0.15) is 0 Å². The summed E-state index contributed by atoms with van der Waals surface area (Å²) in [4.78, 5) is 12.0. The van der Waals surface area contributed by atoms with E-state index in [4.69, 9.17) is 0 Å². The number of allylic oxidation sites excluding steroid dienone is 1. The molecule has 0 aliphatic carbocycles. The summed E-state index contributed by atoms with van der Waals surface area (Å²) in [5, 5.41) is 0. The van der Waals surface area contributed by atoms with Crippen LogP contribution in [0.25, 0.3) is 6.08 Å². The molecule has 20 heavy (non-hydrogen) atoms. The maximum absolute atomic E-state index is 12.0. The largest absolute Gasteiger partial charge is 0.289 e. The lowest BCUT2D eigenvalue weighted by Crippen LogP contribution is -1.93. The monoisotopic (exact) mass is 328 g/mol. The summed E-state index contributed by atoms with van der Waals surface area (Å²) >= 11 is 3.36. The van der Waals surface area contributed by atoms with Crippen LogP contribution in [-0.2, 0) is 0 Å². The Morgan fingerprint density at radius 3 is 2.15 bits per heavy atom. The van der Waals surface area contributed by atoms with Gasteiger partial charge in [-0.1, -0.05) is 60.1 Å². The summed E-state index contributed by atoms with van der Waals surface area (Å²) in [5.41, 5.74) is 3.05. The number of halogens is 1. The van der Waals surface area contributed by atoms with Crippen LogP contribution in [0.2, 0.25) is 0 Å². The third kappa shape index (κ3) is 3.91. The Bertz CT molecular complexity index is 607. The average Bonchev–Trinajstić information content (AvgIpc) is 2.46. The summed E-state index contributed by atoms with van der Waals surface area (Å²) in [6.45, 7) is 4.34. The highest BCUT2D eigenvalue weighted by molar-refractivity contribution is 9.10. The third-order valence-electron chi connectivity index (χ3n) is 3.16. The van der Waals surface area contributed by atoms with Gasteiger partial charge in [0.2, 0.25) is 0 Å². The van der Waals surface area contributed by atoms with Crippen molar-refractivity contribution >= 4 is 27.8 Å². The predicted octanol–water partition coefficient (Wildman–Crippen LogP) is 5.47. The Hall–Kier alpha value is -1.67. The van der Waals surface area contributed by atoms with Crippen LogP contribution in [0.5, 0.6) is 0 Å². The molecule has 0 heterocycles. The van der Waals surface area contributed by atoms with E-state index in [1.165, 1.54) is 5.56 Å². The van der Waals surface area contributed by atoms with Crippen molar-refractivity contribution in [2.24, 2.45) is 0 Å². The standard InChI is InChI=1S/C18H17BrO/c1-13(2)15-6-3-14(4-7-15)5-12-18(20)16-8-10-17(19)11-9-16/h3-13H,1-2H3/b12-5+. The van der Waals surface area contributed by atoms with Gasteiger partial charge < -0.3 is 0 Å². The highest BCUT2D eigenvalue weighted by atomic mass is 79.9. The van der Waals surface area contributed by atoms with Gasteiger partial charge >= 0.3 is 0 Å². The van der Waals surface area contributed by atoms with Gasteiger partial charge in [-0.25, -0.2) is 0 Å². The van der Waals surface area contributed by atoms with Crippen LogP contribution >= 0.6 is 15.9 Å². The van der Waals surface area contributed by atoms with Crippen LogP contribution in [-0.4, -0.2) is 5.78 Å². The van der Waals surface area contributed by atoms with Gasteiger partial charge in [0, 0.05) is 10.0 Å². The highest BCUT2D eigenvalue weighted by Gasteiger charge is 2.01. The van der Waals surface area contributed by atoms with E-state index < -0.39 is 0 Å². The maximum Gasteiger partial charge on any atom is 0.185 e. The van der Waals surface area contributed by atoms with Crippen molar-refractivity contribution in [3.05, 3.63) is 75.8 Å². The number of hydrogen-bond acceptors (Lipinski definition) is 1. The molecule has 0 fully saturated rings. The highest BCUT2D eigenvalue weighted by Crippen LogP contribution is 2.16. The van der Waals surface area contributed by atoms with Gasteiger partial charge in [-0.3, -0.25) is 4.79 Å². The zero-order valence-corrected chi connectivity index (χ0v) is 13.2. The number of rotatable bonds is 4. The average molecular weight is 329 g/mol. The summed E-state index contributed by atoms with van der Waals surface area (Å²) in [6, 6.07) is 15.7. The van der Waals surface area contributed by atoms with Gasteiger partial charge in [0.25, 0.3) is 0 Å². The summed E-state index contributed by atoms with van der Waals surface area (Å²) in [7, 11) is 0. The normalized spacial score (nSPS) is 11.2. The molecule has 0 saturated carbocycles. The fourth-order valence-corrected chi connectivity index (χ4v) is 2.14. The molecule has 0 saturated heterocycles. The van der Waals surface area contributed by atoms with E-state index in [0.29, 0.717) is 11.5 Å². The molecule has 102 valence electrons. The van der Waals surface area contributed by atoms with Gasteiger partial charge in [-0.15, -0.1) is 0 Å². The predicted molar refractivity (Wildman–Crippen MR) is 88.0 cm³/mol. The molecule has 0 unspecified atom stereocenters. The topological polar surface area (TPSA) is 17.1 Å². The molecule has 0 N–H and O–H groups in total. The second-order valence-corrected chi connectivity index (χ2v) is 5.94. The van der Waals surface area contributed by atoms with Crippen LogP contribution in [0.3, 0.4) is 0 Å². The minimum Gasteiger partial charge on any atom is -0.289 e. The van der Waals surface area contributed by atoms with Crippen molar-refractivity contribution in [2.45, 2.75) is 19.8 Å². The van der Waals surface area contributed by atoms with Crippen molar-refractivity contribution in [1.82, 2.24) is 0 Å². The fourth-order valence-electron chi connectivity index (χ4n) is 1.87. The minimum absolute atomic E-state index is 0.0189. The molecular weight excluding hydrogens is 312 g/mol. The molecular formula is C18H17BrO. The van der Waals surface area contributed by atoms with Crippen molar-refractivity contribution in [2.75, 3.05) is 0 Å². The van der Waals surface area contributed by atoms with Gasteiger partial charge in [0.05, 0.1) is 0 Å². The lowest BCUT2D eigenvalue weighted by molar-refractivity contribution is 0.104. The van der Waals surface area contributed by atoms with Gasteiger partial charge in [0.1, 0.15) is 0 Å². The first-order chi connectivity index (χ1) is 9.56. The lowest BCUT2D eigenvalue weighted by atomic mass is 10.0. The molecule has 0 aliphatic rings. The summed E-state index contributed by atoms with van der Waals surface area (Å²) in [5.74, 6) is 0.544. The number of carbonyl (C=O) groups is 1. The molecule has 0 radical (unpaired) electrons.